The third-order valence-corrected chi connectivity index (χ3v) is 4.23. The van der Waals surface area contributed by atoms with Crippen LogP contribution in [0.5, 0.6) is 0 Å². The molecule has 0 unspecified atom stereocenters. The average molecular weight is 443 g/mol. The van der Waals surface area contributed by atoms with Gasteiger partial charge in [-0.15, -0.1) is 0 Å². The van der Waals surface area contributed by atoms with Crippen LogP contribution in [0, 0.1) is 10.1 Å². The molecule has 162 valence electrons. The van der Waals surface area contributed by atoms with Crippen LogP contribution in [0.4, 0.5) is 11.4 Å². The molecule has 0 aliphatic carbocycles. The Hall–Kier alpha value is -3.86. The standard InChI is InChI=1S/C20H21N5O5S/c1-2-3-7-17(26)21-15-10-8-13(9-11-15)19(28)23-24-20(31)22-18(27)14-5-4-6-16(12-14)25(29)30/h4-6,8-12H,2-3,7H2,1H3,(H,21,26)(H,23,28)(H2,22,24,27,31). The number of non-ortho nitro benzene ring substituents is 1. The summed E-state index contributed by atoms with van der Waals surface area (Å²) in [5, 5.41) is 15.7. The van der Waals surface area contributed by atoms with Crippen LogP contribution >= 0.6 is 12.2 Å². The van der Waals surface area contributed by atoms with E-state index in [0.717, 1.165) is 18.9 Å². The van der Waals surface area contributed by atoms with Gasteiger partial charge in [-0.25, -0.2) is 0 Å². The highest BCUT2D eigenvalue weighted by molar-refractivity contribution is 7.80. The highest BCUT2D eigenvalue weighted by atomic mass is 32.1. The Morgan fingerprint density at radius 2 is 1.71 bits per heavy atom. The number of nitrogens with zero attached hydrogens (tertiary/aromatic N) is 1. The molecule has 2 rings (SSSR count). The van der Waals surface area contributed by atoms with Gasteiger partial charge in [0.2, 0.25) is 5.91 Å². The van der Waals surface area contributed by atoms with Crippen LogP contribution in [0.1, 0.15) is 46.9 Å². The summed E-state index contributed by atoms with van der Waals surface area (Å²) < 4.78 is 0. The first-order chi connectivity index (χ1) is 14.8. The Balaban J connectivity index is 1.84. The predicted molar refractivity (Wildman–Crippen MR) is 118 cm³/mol. The smallest absolute Gasteiger partial charge is 0.270 e. The maximum Gasteiger partial charge on any atom is 0.270 e. The maximum absolute atomic E-state index is 12.2. The first-order valence-electron chi connectivity index (χ1n) is 9.36. The molecule has 0 aliphatic rings. The van der Waals surface area contributed by atoms with Gasteiger partial charge in [0.15, 0.2) is 5.11 Å². The summed E-state index contributed by atoms with van der Waals surface area (Å²) in [6.45, 7) is 2.00. The molecule has 10 nitrogen and oxygen atoms in total. The summed E-state index contributed by atoms with van der Waals surface area (Å²) in [6, 6.07) is 11.4. The van der Waals surface area contributed by atoms with Gasteiger partial charge in [-0.1, -0.05) is 19.4 Å². The number of rotatable bonds is 7. The van der Waals surface area contributed by atoms with Crippen LogP contribution in [0.3, 0.4) is 0 Å². The monoisotopic (exact) mass is 443 g/mol. The molecule has 31 heavy (non-hydrogen) atoms. The van der Waals surface area contributed by atoms with Gasteiger partial charge in [0.05, 0.1) is 4.92 Å². The van der Waals surface area contributed by atoms with E-state index in [-0.39, 0.29) is 22.3 Å². The molecule has 0 fully saturated rings. The lowest BCUT2D eigenvalue weighted by Crippen LogP contribution is -2.48. The summed E-state index contributed by atoms with van der Waals surface area (Å²) >= 11 is 4.95. The molecule has 0 saturated carbocycles. The maximum atomic E-state index is 12.2. The molecule has 0 atom stereocenters. The Bertz CT molecular complexity index is 994. The summed E-state index contributed by atoms with van der Waals surface area (Å²) in [5.41, 5.74) is 5.40. The van der Waals surface area contributed by atoms with E-state index in [2.05, 4.69) is 21.5 Å². The number of nitro benzene ring substituents is 1. The fourth-order valence-electron chi connectivity index (χ4n) is 2.42. The van der Waals surface area contributed by atoms with E-state index in [1.54, 1.807) is 12.1 Å². The molecule has 4 N–H and O–H groups in total. The summed E-state index contributed by atoms with van der Waals surface area (Å²) in [7, 11) is 0. The number of hydrazine groups is 1. The van der Waals surface area contributed by atoms with E-state index in [1.807, 2.05) is 6.92 Å². The lowest BCUT2D eigenvalue weighted by molar-refractivity contribution is -0.384. The van der Waals surface area contributed by atoms with E-state index < -0.39 is 16.7 Å². The van der Waals surface area contributed by atoms with E-state index in [4.69, 9.17) is 12.2 Å². The number of amides is 3. The molecule has 0 radical (unpaired) electrons. The molecular weight excluding hydrogens is 422 g/mol. The number of carbonyl (C=O) groups excluding carboxylic acids is 3. The van der Waals surface area contributed by atoms with Gasteiger partial charge < -0.3 is 5.32 Å². The fraction of sp³-hybridized carbons (Fsp3) is 0.200. The highest BCUT2D eigenvalue weighted by Gasteiger charge is 2.13. The second-order valence-electron chi connectivity index (χ2n) is 6.40. The van der Waals surface area contributed by atoms with Crippen molar-refractivity contribution in [1.29, 1.82) is 0 Å². The molecule has 0 heterocycles. The number of thiocarbonyl (C=S) groups is 1. The van der Waals surface area contributed by atoms with E-state index in [9.17, 15) is 24.5 Å². The molecule has 0 spiro atoms. The lowest BCUT2D eigenvalue weighted by Gasteiger charge is -2.11. The molecule has 11 heteroatoms. The van der Waals surface area contributed by atoms with Crippen LogP contribution < -0.4 is 21.5 Å². The fourth-order valence-corrected chi connectivity index (χ4v) is 2.56. The highest BCUT2D eigenvalue weighted by Crippen LogP contribution is 2.13. The van der Waals surface area contributed by atoms with Crippen LogP contribution in [0.15, 0.2) is 48.5 Å². The molecule has 2 aromatic rings. The second kappa shape index (κ2) is 11.4. The minimum Gasteiger partial charge on any atom is -0.326 e. The average Bonchev–Trinajstić information content (AvgIpc) is 2.76. The Labute approximate surface area is 183 Å². The van der Waals surface area contributed by atoms with Crippen molar-refractivity contribution in [2.24, 2.45) is 0 Å². The minimum atomic E-state index is -0.668. The topological polar surface area (TPSA) is 142 Å². The molecule has 0 bridgehead atoms. The Morgan fingerprint density at radius 1 is 1.00 bits per heavy atom. The zero-order valence-corrected chi connectivity index (χ0v) is 17.5. The van der Waals surface area contributed by atoms with Crippen LogP contribution in [0.25, 0.3) is 0 Å². The Morgan fingerprint density at radius 3 is 2.35 bits per heavy atom. The molecule has 0 aromatic heterocycles. The third kappa shape index (κ3) is 7.48. The number of carbonyl (C=O) groups is 3. The number of hydrogen-bond donors (Lipinski definition) is 4. The van der Waals surface area contributed by atoms with Crippen LogP contribution in [-0.2, 0) is 4.79 Å². The van der Waals surface area contributed by atoms with Crippen molar-refractivity contribution in [2.45, 2.75) is 26.2 Å². The third-order valence-electron chi connectivity index (χ3n) is 4.02. The van der Waals surface area contributed by atoms with Crippen molar-refractivity contribution in [1.82, 2.24) is 16.2 Å². The molecular formula is C20H21N5O5S. The first-order valence-corrected chi connectivity index (χ1v) is 9.77. The first kappa shape index (κ1) is 23.4. The Kier molecular flexibility index (Phi) is 8.58. The van der Waals surface area contributed by atoms with Gasteiger partial charge in [0.1, 0.15) is 0 Å². The molecule has 3 amide bonds. The number of unbranched alkanes of at least 4 members (excludes halogenated alkanes) is 1. The van der Waals surface area contributed by atoms with Crippen molar-refractivity contribution in [2.75, 3.05) is 5.32 Å². The number of hydrogen-bond acceptors (Lipinski definition) is 6. The van der Waals surface area contributed by atoms with Gasteiger partial charge >= 0.3 is 0 Å². The van der Waals surface area contributed by atoms with E-state index in [1.165, 1.54) is 30.3 Å². The largest absolute Gasteiger partial charge is 0.326 e. The lowest BCUT2D eigenvalue weighted by atomic mass is 10.2. The van der Waals surface area contributed by atoms with Crippen molar-refractivity contribution < 1.29 is 19.3 Å². The molecule has 0 saturated heterocycles. The molecule has 0 aliphatic heterocycles. The van der Waals surface area contributed by atoms with Crippen LogP contribution in [-0.4, -0.2) is 27.8 Å². The number of anilines is 1. The zero-order valence-electron chi connectivity index (χ0n) is 16.6. The van der Waals surface area contributed by atoms with Gasteiger partial charge in [-0.3, -0.25) is 40.7 Å². The minimum absolute atomic E-state index is 0.0428. The van der Waals surface area contributed by atoms with Gasteiger partial charge in [-0.2, -0.15) is 0 Å². The van der Waals surface area contributed by atoms with Crippen molar-refractivity contribution >= 4 is 46.4 Å². The van der Waals surface area contributed by atoms with Crippen molar-refractivity contribution in [3.63, 3.8) is 0 Å². The number of benzene rings is 2. The molecule has 2 aromatic carbocycles. The predicted octanol–water partition coefficient (Wildman–Crippen LogP) is 2.67. The number of nitrogens with one attached hydrogen (secondary N) is 4. The van der Waals surface area contributed by atoms with E-state index >= 15 is 0 Å². The van der Waals surface area contributed by atoms with Crippen molar-refractivity contribution in [3.05, 3.63) is 69.8 Å². The van der Waals surface area contributed by atoms with Gasteiger partial charge in [0, 0.05) is 35.4 Å². The quantitative estimate of drug-likeness (QED) is 0.293. The zero-order chi connectivity index (χ0) is 22.8. The van der Waals surface area contributed by atoms with Crippen LogP contribution in [0.2, 0.25) is 0 Å². The number of nitro groups is 1. The van der Waals surface area contributed by atoms with Gasteiger partial charge in [0.25, 0.3) is 17.5 Å². The van der Waals surface area contributed by atoms with Gasteiger partial charge in [-0.05, 0) is 49.0 Å². The van der Waals surface area contributed by atoms with E-state index in [0.29, 0.717) is 17.7 Å². The second-order valence-corrected chi connectivity index (χ2v) is 6.81. The summed E-state index contributed by atoms with van der Waals surface area (Å²) in [6.07, 6.45) is 2.16. The normalized spacial score (nSPS) is 9.97. The summed E-state index contributed by atoms with van der Waals surface area (Å²) in [5.74, 6) is -1.28. The summed E-state index contributed by atoms with van der Waals surface area (Å²) in [4.78, 5) is 46.2. The SMILES string of the molecule is CCCCC(=O)Nc1ccc(C(=O)NNC(=S)NC(=O)c2cccc([N+](=O)[O-])c2)cc1. The van der Waals surface area contributed by atoms with Crippen molar-refractivity contribution in [3.8, 4) is 0 Å².